The largest absolute Gasteiger partial charge is 0.497 e. The number of aromatic nitrogens is 2. The number of benzene rings is 1. The summed E-state index contributed by atoms with van der Waals surface area (Å²) < 4.78 is 47.6. The van der Waals surface area contributed by atoms with Crippen molar-refractivity contribution in [1.29, 1.82) is 0 Å². The normalized spacial score (nSPS) is 11.1. The Hall–Kier alpha value is -2.13. The van der Waals surface area contributed by atoms with E-state index in [0.29, 0.717) is 5.75 Å². The molecular formula is C18H18Cl2FN3O3S. The lowest BCUT2D eigenvalue weighted by molar-refractivity contribution is 0.413. The van der Waals surface area contributed by atoms with Gasteiger partial charge in [-0.1, -0.05) is 17.7 Å². The van der Waals surface area contributed by atoms with Crippen molar-refractivity contribution in [2.45, 2.75) is 11.4 Å². The van der Waals surface area contributed by atoms with Crippen molar-refractivity contribution in [3.05, 3.63) is 65.3 Å². The number of methoxy groups -OCH3 is 1. The summed E-state index contributed by atoms with van der Waals surface area (Å²) in [5.41, 5.74) is 0.213. The summed E-state index contributed by atoms with van der Waals surface area (Å²) in [5.74, 6) is -0.300. The van der Waals surface area contributed by atoms with Gasteiger partial charge in [-0.3, -0.25) is 0 Å². The Morgan fingerprint density at radius 2 is 2.04 bits per heavy atom. The highest BCUT2D eigenvalue weighted by molar-refractivity contribution is 7.90. The predicted molar refractivity (Wildman–Crippen MR) is 108 cm³/mol. The zero-order chi connectivity index (χ0) is 19.6. The number of hydrogen-bond acceptors (Lipinski definition) is 5. The molecule has 0 aliphatic rings. The molecule has 2 aromatic heterocycles. The summed E-state index contributed by atoms with van der Waals surface area (Å²) in [7, 11) is -1.02. The van der Waals surface area contributed by atoms with Gasteiger partial charge in [-0.25, -0.2) is 21.8 Å². The third-order valence-electron chi connectivity index (χ3n) is 3.96. The molecule has 28 heavy (non-hydrogen) atoms. The Labute approximate surface area is 173 Å². The van der Waals surface area contributed by atoms with E-state index in [1.54, 1.807) is 25.2 Å². The van der Waals surface area contributed by atoms with Crippen molar-refractivity contribution in [1.82, 2.24) is 14.3 Å². The Balaban J connectivity index is 0.00000280. The fourth-order valence-corrected chi connectivity index (χ4v) is 4.33. The van der Waals surface area contributed by atoms with Crippen LogP contribution < -0.4 is 10.1 Å². The van der Waals surface area contributed by atoms with Gasteiger partial charge in [-0.2, -0.15) is 0 Å². The second kappa shape index (κ2) is 8.91. The summed E-state index contributed by atoms with van der Waals surface area (Å²) in [6, 6.07) is 9.06. The maximum absolute atomic E-state index is 15.1. The van der Waals surface area contributed by atoms with Crippen molar-refractivity contribution in [3.8, 4) is 17.0 Å². The fraction of sp³-hybridized carbons (Fsp3) is 0.167. The van der Waals surface area contributed by atoms with Crippen LogP contribution in [-0.2, 0) is 16.6 Å². The Morgan fingerprint density at radius 3 is 2.68 bits per heavy atom. The minimum atomic E-state index is -4.10. The molecule has 0 aliphatic heterocycles. The number of ether oxygens (including phenoxy) is 1. The van der Waals surface area contributed by atoms with Crippen molar-refractivity contribution in [3.63, 3.8) is 0 Å². The van der Waals surface area contributed by atoms with E-state index in [4.69, 9.17) is 16.3 Å². The molecule has 0 spiro atoms. The number of pyridine rings is 1. The van der Waals surface area contributed by atoms with Crippen molar-refractivity contribution in [2.75, 3.05) is 14.2 Å². The third kappa shape index (κ3) is 4.00. The average molecular weight is 446 g/mol. The van der Waals surface area contributed by atoms with Gasteiger partial charge < -0.3 is 10.1 Å². The number of halogens is 3. The maximum atomic E-state index is 15.1. The maximum Gasteiger partial charge on any atom is 0.268 e. The van der Waals surface area contributed by atoms with Crippen LogP contribution in [0.3, 0.4) is 0 Å². The molecule has 0 aliphatic carbocycles. The first-order valence-corrected chi connectivity index (χ1v) is 9.76. The molecule has 1 N–H and O–H groups in total. The zero-order valence-corrected chi connectivity index (χ0v) is 17.4. The highest BCUT2D eigenvalue weighted by Gasteiger charge is 2.28. The predicted octanol–water partition coefficient (Wildman–Crippen LogP) is 3.73. The quantitative estimate of drug-likeness (QED) is 0.585. The van der Waals surface area contributed by atoms with Crippen LogP contribution in [0.25, 0.3) is 11.3 Å². The minimum absolute atomic E-state index is 0. The van der Waals surface area contributed by atoms with Gasteiger partial charge in [0.1, 0.15) is 16.6 Å². The van der Waals surface area contributed by atoms with E-state index < -0.39 is 15.8 Å². The van der Waals surface area contributed by atoms with Crippen LogP contribution in [0.1, 0.15) is 5.56 Å². The molecule has 0 saturated carbocycles. The van der Waals surface area contributed by atoms with Crippen LogP contribution in [0.4, 0.5) is 4.39 Å². The molecular weight excluding hydrogens is 428 g/mol. The number of nitrogens with one attached hydrogen (secondary N) is 1. The van der Waals surface area contributed by atoms with Gasteiger partial charge in [0.15, 0.2) is 5.82 Å². The van der Waals surface area contributed by atoms with Crippen molar-refractivity contribution < 1.29 is 17.5 Å². The molecule has 6 nitrogen and oxygen atoms in total. The van der Waals surface area contributed by atoms with Crippen LogP contribution in [0.15, 0.2) is 53.7 Å². The van der Waals surface area contributed by atoms with E-state index in [9.17, 15) is 8.42 Å². The van der Waals surface area contributed by atoms with E-state index in [-0.39, 0.29) is 45.8 Å². The first-order chi connectivity index (χ1) is 12.9. The van der Waals surface area contributed by atoms with Gasteiger partial charge >= 0.3 is 0 Å². The molecule has 0 atom stereocenters. The smallest absolute Gasteiger partial charge is 0.268 e. The first kappa shape index (κ1) is 22.2. The lowest BCUT2D eigenvalue weighted by atomic mass is 10.2. The van der Waals surface area contributed by atoms with Gasteiger partial charge in [0.25, 0.3) is 10.0 Å². The summed E-state index contributed by atoms with van der Waals surface area (Å²) in [5, 5.41) is 2.83. The summed E-state index contributed by atoms with van der Waals surface area (Å²) >= 11 is 6.11. The summed E-state index contributed by atoms with van der Waals surface area (Å²) in [6.45, 7) is 0.150. The van der Waals surface area contributed by atoms with Crippen LogP contribution >= 0.6 is 24.0 Å². The van der Waals surface area contributed by atoms with Crippen LogP contribution in [0, 0.1) is 5.82 Å². The molecule has 1 aromatic carbocycles. The molecule has 2 heterocycles. The number of rotatable bonds is 6. The standard InChI is InChI=1S/C18H17ClFN3O3S.ClH/c1-21-10-12-11-23(17(16(12)20)15-7-4-8-22-18(15)19)27(24,25)14-6-3-5-13(9-14)26-2;/h3-9,11,21H,10H2,1-2H3;1H. The summed E-state index contributed by atoms with van der Waals surface area (Å²) in [4.78, 5) is 3.90. The lowest BCUT2D eigenvalue weighted by Crippen LogP contribution is -2.14. The monoisotopic (exact) mass is 445 g/mol. The van der Waals surface area contributed by atoms with Gasteiger partial charge in [0.2, 0.25) is 0 Å². The fourth-order valence-electron chi connectivity index (χ4n) is 2.69. The minimum Gasteiger partial charge on any atom is -0.497 e. The molecule has 150 valence electrons. The third-order valence-corrected chi connectivity index (χ3v) is 5.92. The van der Waals surface area contributed by atoms with Crippen molar-refractivity contribution in [2.24, 2.45) is 0 Å². The number of hydrogen-bond donors (Lipinski definition) is 1. The van der Waals surface area contributed by atoms with Gasteiger partial charge in [0.05, 0.1) is 12.0 Å². The average Bonchev–Trinajstić information content (AvgIpc) is 3.00. The Bertz CT molecular complexity index is 1090. The molecule has 3 aromatic rings. The van der Waals surface area contributed by atoms with E-state index in [1.165, 1.54) is 37.7 Å². The van der Waals surface area contributed by atoms with E-state index in [2.05, 4.69) is 10.3 Å². The highest BCUT2D eigenvalue weighted by Crippen LogP contribution is 2.34. The zero-order valence-electron chi connectivity index (χ0n) is 15.0. The topological polar surface area (TPSA) is 73.2 Å². The van der Waals surface area contributed by atoms with Crippen LogP contribution in [-0.4, -0.2) is 31.5 Å². The lowest BCUT2D eigenvalue weighted by Gasteiger charge is -2.12. The molecule has 0 bridgehead atoms. The summed E-state index contributed by atoms with van der Waals surface area (Å²) in [6.07, 6.45) is 2.70. The van der Waals surface area contributed by atoms with E-state index in [0.717, 1.165) is 3.97 Å². The second-order valence-corrected chi connectivity index (χ2v) is 7.84. The van der Waals surface area contributed by atoms with Crippen LogP contribution in [0.5, 0.6) is 5.75 Å². The van der Waals surface area contributed by atoms with E-state index in [1.807, 2.05) is 0 Å². The highest BCUT2D eigenvalue weighted by atomic mass is 35.5. The molecule has 3 rings (SSSR count). The Morgan fingerprint density at radius 1 is 1.29 bits per heavy atom. The molecule has 0 fully saturated rings. The van der Waals surface area contributed by atoms with Crippen molar-refractivity contribution >= 4 is 34.0 Å². The molecule has 0 radical (unpaired) electrons. The van der Waals surface area contributed by atoms with Crippen LogP contribution in [0.2, 0.25) is 5.15 Å². The number of nitrogens with zero attached hydrogens (tertiary/aromatic N) is 2. The molecule has 0 saturated heterocycles. The van der Waals surface area contributed by atoms with Gasteiger partial charge in [0, 0.05) is 36.1 Å². The second-order valence-electron chi connectivity index (χ2n) is 5.67. The van der Waals surface area contributed by atoms with Gasteiger partial charge in [-0.15, -0.1) is 12.4 Å². The molecule has 0 unspecified atom stereocenters. The van der Waals surface area contributed by atoms with E-state index >= 15 is 4.39 Å². The Kier molecular flexibility index (Phi) is 7.06. The first-order valence-electron chi connectivity index (χ1n) is 7.95. The molecule has 0 amide bonds. The van der Waals surface area contributed by atoms with Gasteiger partial charge in [-0.05, 0) is 31.3 Å². The SMILES string of the molecule is CNCc1cn(S(=O)(=O)c2cccc(OC)c2)c(-c2cccnc2Cl)c1F.Cl. The molecule has 10 heteroatoms.